The molecule has 0 bridgehead atoms. The molecule has 4 N–H and O–H groups in total. The van der Waals surface area contributed by atoms with E-state index in [9.17, 15) is 19.8 Å². The maximum atomic E-state index is 13.0. The van der Waals surface area contributed by atoms with Gasteiger partial charge in [-0.05, 0) is 29.7 Å². The van der Waals surface area contributed by atoms with Crippen molar-refractivity contribution in [2.24, 2.45) is 0 Å². The Bertz CT molecular complexity index is 963. The number of fused-ring (bicyclic) bond motifs is 1. The Hall–Kier alpha value is -3.42. The minimum absolute atomic E-state index is 0. The number of carbonyl (C=O) groups excluding carboxylic acids is 2. The fourth-order valence-electron chi connectivity index (χ4n) is 3.26. The summed E-state index contributed by atoms with van der Waals surface area (Å²) in [5.74, 6) is -0.779. The van der Waals surface area contributed by atoms with Crippen molar-refractivity contribution in [3.05, 3.63) is 77.4 Å². The number of cyclic esters (lactones) is 1. The maximum absolute atomic E-state index is 13.0. The molecule has 0 fully saturated rings. The first-order valence-electron chi connectivity index (χ1n) is 9.69. The molecule has 31 heavy (non-hydrogen) atoms. The van der Waals surface area contributed by atoms with Crippen molar-refractivity contribution in [2.45, 2.75) is 31.5 Å². The molecule has 1 aliphatic heterocycles. The van der Waals surface area contributed by atoms with Gasteiger partial charge in [0.1, 0.15) is 23.2 Å². The van der Waals surface area contributed by atoms with E-state index in [-0.39, 0.29) is 41.8 Å². The predicted molar refractivity (Wildman–Crippen MR) is 116 cm³/mol. The molecule has 7 heteroatoms. The summed E-state index contributed by atoms with van der Waals surface area (Å²) in [6, 6.07) is 12.1. The highest BCUT2D eigenvalue weighted by atomic mass is 16.5. The highest BCUT2D eigenvalue weighted by Crippen LogP contribution is 2.32. The van der Waals surface area contributed by atoms with Crippen molar-refractivity contribution in [1.82, 2.24) is 0 Å². The molecular weight excluding hydrogens is 400 g/mol. The van der Waals surface area contributed by atoms with Crippen LogP contribution in [0.2, 0.25) is 0 Å². The number of allylic oxidation sites excluding steroid dienone is 1. The van der Waals surface area contributed by atoms with E-state index >= 15 is 0 Å². The summed E-state index contributed by atoms with van der Waals surface area (Å²) >= 11 is 0. The summed E-state index contributed by atoms with van der Waals surface area (Å²) in [6.45, 7) is 0. The number of ether oxygens (including phenoxy) is 2. The van der Waals surface area contributed by atoms with E-state index in [4.69, 9.17) is 9.47 Å². The summed E-state index contributed by atoms with van der Waals surface area (Å²) in [5.41, 5.74) is 1.18. The van der Waals surface area contributed by atoms with E-state index in [0.29, 0.717) is 11.3 Å². The van der Waals surface area contributed by atoms with Gasteiger partial charge in [-0.2, -0.15) is 0 Å². The SMILES string of the molecule is COc1cc(O)c2c(c1)/C=C/C[C@H](O)CC(=O)/C=C\CC(c1ccccc1)OC2=O.O. The van der Waals surface area contributed by atoms with E-state index in [1.54, 1.807) is 24.3 Å². The number of aromatic hydroxyl groups is 1. The number of methoxy groups -OCH3 is 1. The fourth-order valence-corrected chi connectivity index (χ4v) is 3.26. The number of aliphatic hydroxyl groups excluding tert-OH is 1. The number of benzene rings is 2. The minimum atomic E-state index is -0.846. The number of carbonyl (C=O) groups is 2. The monoisotopic (exact) mass is 426 g/mol. The number of ketones is 1. The molecule has 0 saturated heterocycles. The van der Waals surface area contributed by atoms with Gasteiger partial charge in [-0.25, -0.2) is 4.79 Å². The molecule has 0 saturated carbocycles. The lowest BCUT2D eigenvalue weighted by Crippen LogP contribution is -2.14. The topological polar surface area (TPSA) is 125 Å². The van der Waals surface area contributed by atoms with Crippen LogP contribution in [-0.4, -0.2) is 40.7 Å². The van der Waals surface area contributed by atoms with Gasteiger partial charge in [-0.1, -0.05) is 48.6 Å². The first kappa shape index (κ1) is 23.9. The molecule has 7 nitrogen and oxygen atoms in total. The van der Waals surface area contributed by atoms with Gasteiger partial charge < -0.3 is 25.2 Å². The summed E-state index contributed by atoms with van der Waals surface area (Å²) in [4.78, 5) is 25.1. The third-order valence-corrected chi connectivity index (χ3v) is 4.78. The molecule has 0 aromatic heterocycles. The number of aliphatic hydroxyl groups is 1. The van der Waals surface area contributed by atoms with Crippen LogP contribution in [0.4, 0.5) is 0 Å². The molecule has 164 valence electrons. The smallest absolute Gasteiger partial charge is 0.343 e. The molecule has 2 aromatic carbocycles. The van der Waals surface area contributed by atoms with Crippen LogP contribution in [0.1, 0.15) is 46.9 Å². The van der Waals surface area contributed by atoms with Crippen LogP contribution in [0.25, 0.3) is 6.08 Å². The molecular formula is C24H26O7. The molecule has 1 aliphatic rings. The minimum Gasteiger partial charge on any atom is -0.507 e. The first-order chi connectivity index (χ1) is 14.5. The Morgan fingerprint density at radius 3 is 2.45 bits per heavy atom. The van der Waals surface area contributed by atoms with Crippen molar-refractivity contribution in [3.63, 3.8) is 0 Å². The molecule has 3 rings (SSSR count). The zero-order chi connectivity index (χ0) is 21.5. The van der Waals surface area contributed by atoms with Crippen molar-refractivity contribution in [1.29, 1.82) is 0 Å². The lowest BCUT2D eigenvalue weighted by atomic mass is 10.0. The fraction of sp³-hybridized carbons (Fsp3) is 0.250. The molecule has 0 aliphatic carbocycles. The lowest BCUT2D eigenvalue weighted by molar-refractivity contribution is -0.116. The molecule has 0 amide bonds. The van der Waals surface area contributed by atoms with Crippen LogP contribution in [0.15, 0.2) is 60.7 Å². The van der Waals surface area contributed by atoms with Gasteiger partial charge in [0.15, 0.2) is 5.78 Å². The highest BCUT2D eigenvalue weighted by molar-refractivity contribution is 5.97. The summed E-state index contributed by atoms with van der Waals surface area (Å²) in [6.07, 6.45) is 5.29. The zero-order valence-electron chi connectivity index (χ0n) is 17.2. The van der Waals surface area contributed by atoms with Gasteiger partial charge in [0.2, 0.25) is 0 Å². The largest absolute Gasteiger partial charge is 0.507 e. The zero-order valence-corrected chi connectivity index (χ0v) is 17.2. The normalized spacial score (nSPS) is 21.6. The van der Waals surface area contributed by atoms with Crippen LogP contribution >= 0.6 is 0 Å². The second kappa shape index (κ2) is 11.1. The first-order valence-corrected chi connectivity index (χ1v) is 9.69. The lowest BCUT2D eigenvalue weighted by Gasteiger charge is -2.19. The molecule has 1 heterocycles. The average molecular weight is 426 g/mol. The summed E-state index contributed by atoms with van der Waals surface area (Å²) in [7, 11) is 1.46. The van der Waals surface area contributed by atoms with Crippen LogP contribution in [0.3, 0.4) is 0 Å². The third kappa shape index (κ3) is 6.28. The quantitative estimate of drug-likeness (QED) is 0.711. The Morgan fingerprint density at radius 2 is 1.74 bits per heavy atom. The van der Waals surface area contributed by atoms with E-state index in [1.165, 1.54) is 19.3 Å². The average Bonchev–Trinajstić information content (AvgIpc) is 2.72. The second-order valence-corrected chi connectivity index (χ2v) is 7.02. The molecule has 1 unspecified atom stereocenters. The number of hydrogen-bond donors (Lipinski definition) is 2. The van der Waals surface area contributed by atoms with Gasteiger partial charge in [0.05, 0.1) is 13.2 Å². The van der Waals surface area contributed by atoms with Crippen LogP contribution in [0.5, 0.6) is 11.5 Å². The third-order valence-electron chi connectivity index (χ3n) is 4.78. The Balaban J connectivity index is 0.00000341. The van der Waals surface area contributed by atoms with Crippen molar-refractivity contribution < 1.29 is 34.8 Å². The number of esters is 1. The van der Waals surface area contributed by atoms with Crippen LogP contribution < -0.4 is 4.74 Å². The maximum Gasteiger partial charge on any atom is 0.343 e. The van der Waals surface area contributed by atoms with E-state index in [0.717, 1.165) is 5.56 Å². The highest BCUT2D eigenvalue weighted by Gasteiger charge is 2.23. The van der Waals surface area contributed by atoms with Crippen molar-refractivity contribution >= 4 is 17.8 Å². The summed E-state index contributed by atoms with van der Waals surface area (Å²) < 4.78 is 10.9. The van der Waals surface area contributed by atoms with E-state index in [1.807, 2.05) is 30.3 Å². The van der Waals surface area contributed by atoms with Gasteiger partial charge in [0, 0.05) is 18.9 Å². The Morgan fingerprint density at radius 1 is 1.03 bits per heavy atom. The Labute approximate surface area is 180 Å². The number of phenolic OH excluding ortho intramolecular Hbond substituents is 1. The molecule has 2 aromatic rings. The van der Waals surface area contributed by atoms with Gasteiger partial charge in [-0.15, -0.1) is 0 Å². The number of phenols is 1. The van der Waals surface area contributed by atoms with Gasteiger partial charge in [0.25, 0.3) is 0 Å². The van der Waals surface area contributed by atoms with Crippen molar-refractivity contribution in [3.8, 4) is 11.5 Å². The van der Waals surface area contributed by atoms with Crippen LogP contribution in [-0.2, 0) is 9.53 Å². The molecule has 0 radical (unpaired) electrons. The van der Waals surface area contributed by atoms with Crippen molar-refractivity contribution in [2.75, 3.05) is 7.11 Å². The molecule has 2 atom stereocenters. The summed E-state index contributed by atoms with van der Waals surface area (Å²) in [5, 5.41) is 20.6. The van der Waals surface area contributed by atoms with Gasteiger partial charge >= 0.3 is 5.97 Å². The van der Waals surface area contributed by atoms with E-state index < -0.39 is 18.2 Å². The van der Waals surface area contributed by atoms with Crippen LogP contribution in [0, 0.1) is 0 Å². The predicted octanol–water partition coefficient (Wildman–Crippen LogP) is 3.16. The number of rotatable bonds is 2. The number of hydrogen-bond acceptors (Lipinski definition) is 6. The second-order valence-electron chi connectivity index (χ2n) is 7.02. The van der Waals surface area contributed by atoms with E-state index in [2.05, 4.69) is 0 Å². The molecule has 0 spiro atoms. The Kier molecular flexibility index (Phi) is 8.54. The standard InChI is InChI=1S/C24H24O6.H2O/c1-29-20-13-17-9-5-10-18(25)14-19(26)11-6-12-22(16-7-3-2-4-8-16)30-24(28)23(17)21(27)15-20;/h2-9,11,13,15,18,22,25,27H,10,12,14H2,1H3;1H2/b9-5+,11-6-;/t18-,22?;/m0./s1. The van der Waals surface area contributed by atoms with Gasteiger partial charge in [-0.3, -0.25) is 4.79 Å².